The summed E-state index contributed by atoms with van der Waals surface area (Å²) in [5, 5.41) is 9.38. The Morgan fingerprint density at radius 1 is 1.08 bits per heavy atom. The average molecular weight is 333 g/mol. The van der Waals surface area contributed by atoms with Crippen LogP contribution in [-0.2, 0) is 9.53 Å². The third kappa shape index (κ3) is 4.19. The van der Waals surface area contributed by atoms with E-state index in [2.05, 4.69) is 23.6 Å². The fourth-order valence-electron chi connectivity index (χ4n) is 3.58. The predicted molar refractivity (Wildman–Crippen MR) is 93.3 cm³/mol. The fraction of sp³-hybridized carbons (Fsp3) is 0.611. The van der Waals surface area contributed by atoms with Gasteiger partial charge in [0, 0.05) is 45.0 Å². The highest BCUT2D eigenvalue weighted by Crippen LogP contribution is 2.20. The van der Waals surface area contributed by atoms with Crippen LogP contribution in [0.1, 0.15) is 13.8 Å². The molecule has 2 fully saturated rings. The molecule has 0 aliphatic carbocycles. The summed E-state index contributed by atoms with van der Waals surface area (Å²) < 4.78 is 5.72. The summed E-state index contributed by atoms with van der Waals surface area (Å²) in [6.45, 7) is 9.39. The Balaban J connectivity index is 1.49. The highest BCUT2D eigenvalue weighted by molar-refractivity contribution is 5.78. The summed E-state index contributed by atoms with van der Waals surface area (Å²) in [6.07, 6.45) is 0.376. The van der Waals surface area contributed by atoms with E-state index in [0.29, 0.717) is 6.54 Å². The van der Waals surface area contributed by atoms with E-state index in [4.69, 9.17) is 4.74 Å². The van der Waals surface area contributed by atoms with E-state index in [0.717, 1.165) is 45.0 Å². The first-order chi connectivity index (χ1) is 11.5. The summed E-state index contributed by atoms with van der Waals surface area (Å²) in [7, 11) is 0. The number of anilines is 1. The number of hydrogen-bond acceptors (Lipinski definition) is 5. The lowest BCUT2D eigenvalue weighted by molar-refractivity contribution is -0.136. The van der Waals surface area contributed by atoms with Crippen LogP contribution in [0.25, 0.3) is 0 Å². The second-order valence-corrected chi connectivity index (χ2v) is 6.84. The van der Waals surface area contributed by atoms with E-state index < -0.39 is 0 Å². The quantitative estimate of drug-likeness (QED) is 0.899. The van der Waals surface area contributed by atoms with Gasteiger partial charge in [-0.1, -0.05) is 0 Å². The van der Waals surface area contributed by atoms with Crippen molar-refractivity contribution in [2.24, 2.45) is 0 Å². The maximum atomic E-state index is 12.6. The molecule has 2 heterocycles. The van der Waals surface area contributed by atoms with Crippen LogP contribution in [0.2, 0.25) is 0 Å². The van der Waals surface area contributed by atoms with Crippen molar-refractivity contribution in [3.8, 4) is 5.75 Å². The number of phenolic OH excluding ortho intramolecular Hbond substituents is 1. The van der Waals surface area contributed by atoms with E-state index in [9.17, 15) is 9.90 Å². The Labute approximate surface area is 143 Å². The first kappa shape index (κ1) is 17.0. The minimum absolute atomic E-state index is 0.188. The first-order valence-corrected chi connectivity index (χ1v) is 8.71. The van der Waals surface area contributed by atoms with Gasteiger partial charge >= 0.3 is 0 Å². The molecule has 0 spiro atoms. The van der Waals surface area contributed by atoms with Gasteiger partial charge in [-0.3, -0.25) is 9.69 Å². The van der Waals surface area contributed by atoms with E-state index in [1.807, 2.05) is 17.0 Å². The molecule has 6 heteroatoms. The largest absolute Gasteiger partial charge is 0.508 e. The number of piperazine rings is 1. The maximum absolute atomic E-state index is 12.6. The van der Waals surface area contributed by atoms with Gasteiger partial charge in [0.2, 0.25) is 5.91 Å². The molecule has 3 rings (SSSR count). The maximum Gasteiger partial charge on any atom is 0.236 e. The molecule has 0 saturated carbocycles. The standard InChI is InChI=1S/C18H27N3O3/c1-14-11-19(12-15(2)24-14)13-18(23)21-9-7-20(8-10-21)16-3-5-17(22)6-4-16/h3-6,14-15,22H,7-13H2,1-2H3/t14-,15-/m1/s1. The van der Waals surface area contributed by atoms with Crippen molar-refractivity contribution in [3.63, 3.8) is 0 Å². The zero-order valence-electron chi connectivity index (χ0n) is 14.5. The number of carbonyl (C=O) groups is 1. The third-order valence-corrected chi connectivity index (χ3v) is 4.70. The molecule has 0 unspecified atom stereocenters. The van der Waals surface area contributed by atoms with Crippen molar-refractivity contribution >= 4 is 11.6 Å². The summed E-state index contributed by atoms with van der Waals surface area (Å²) in [4.78, 5) is 19.0. The topological polar surface area (TPSA) is 56.3 Å². The number of aromatic hydroxyl groups is 1. The molecule has 1 amide bonds. The monoisotopic (exact) mass is 333 g/mol. The van der Waals surface area contributed by atoms with Gasteiger partial charge in [-0.15, -0.1) is 0 Å². The van der Waals surface area contributed by atoms with Crippen molar-refractivity contribution in [2.75, 3.05) is 50.7 Å². The van der Waals surface area contributed by atoms with Crippen LogP contribution in [0.15, 0.2) is 24.3 Å². The predicted octanol–water partition coefficient (Wildman–Crippen LogP) is 1.15. The molecular weight excluding hydrogens is 306 g/mol. The molecule has 0 aromatic heterocycles. The summed E-state index contributed by atoms with van der Waals surface area (Å²) in [5.74, 6) is 0.489. The molecule has 132 valence electrons. The van der Waals surface area contributed by atoms with E-state index in [-0.39, 0.29) is 23.9 Å². The van der Waals surface area contributed by atoms with Crippen LogP contribution in [0.4, 0.5) is 5.69 Å². The Morgan fingerprint density at radius 3 is 2.25 bits per heavy atom. The Bertz CT molecular complexity index is 545. The highest BCUT2D eigenvalue weighted by Gasteiger charge is 2.27. The van der Waals surface area contributed by atoms with Gasteiger partial charge in [0.25, 0.3) is 0 Å². The second kappa shape index (κ2) is 7.40. The van der Waals surface area contributed by atoms with Crippen molar-refractivity contribution in [1.29, 1.82) is 0 Å². The van der Waals surface area contributed by atoms with Crippen molar-refractivity contribution < 1.29 is 14.6 Å². The third-order valence-electron chi connectivity index (χ3n) is 4.70. The molecule has 1 aromatic carbocycles. The zero-order chi connectivity index (χ0) is 17.1. The molecular formula is C18H27N3O3. The van der Waals surface area contributed by atoms with E-state index in [1.165, 1.54) is 0 Å². The normalized spacial score (nSPS) is 25.8. The molecule has 0 bridgehead atoms. The number of ether oxygens (including phenoxy) is 1. The number of rotatable bonds is 3. The molecule has 2 aliphatic rings. The van der Waals surface area contributed by atoms with Gasteiger partial charge in [0.1, 0.15) is 5.75 Å². The lowest BCUT2D eigenvalue weighted by Crippen LogP contribution is -2.53. The van der Waals surface area contributed by atoms with Gasteiger partial charge in [-0.05, 0) is 38.1 Å². The molecule has 2 atom stereocenters. The molecule has 1 aromatic rings. The lowest BCUT2D eigenvalue weighted by Gasteiger charge is -2.39. The van der Waals surface area contributed by atoms with Gasteiger partial charge in [-0.2, -0.15) is 0 Å². The summed E-state index contributed by atoms with van der Waals surface area (Å²) in [5.41, 5.74) is 1.09. The minimum atomic E-state index is 0.188. The van der Waals surface area contributed by atoms with Gasteiger partial charge in [-0.25, -0.2) is 0 Å². The summed E-state index contributed by atoms with van der Waals surface area (Å²) >= 11 is 0. The number of phenols is 1. The molecule has 2 aliphatic heterocycles. The Kier molecular flexibility index (Phi) is 5.26. The van der Waals surface area contributed by atoms with Crippen LogP contribution in [0, 0.1) is 0 Å². The molecule has 2 saturated heterocycles. The summed E-state index contributed by atoms with van der Waals surface area (Å²) in [6, 6.07) is 7.24. The molecule has 6 nitrogen and oxygen atoms in total. The zero-order valence-corrected chi connectivity index (χ0v) is 14.5. The van der Waals surface area contributed by atoms with Crippen LogP contribution < -0.4 is 4.90 Å². The lowest BCUT2D eigenvalue weighted by atomic mass is 10.2. The van der Waals surface area contributed by atoms with Crippen molar-refractivity contribution in [1.82, 2.24) is 9.80 Å². The number of hydrogen-bond donors (Lipinski definition) is 1. The average Bonchev–Trinajstić information content (AvgIpc) is 2.55. The van der Waals surface area contributed by atoms with E-state index in [1.54, 1.807) is 12.1 Å². The number of amides is 1. The van der Waals surface area contributed by atoms with Crippen LogP contribution >= 0.6 is 0 Å². The van der Waals surface area contributed by atoms with Crippen LogP contribution in [0.5, 0.6) is 5.75 Å². The van der Waals surface area contributed by atoms with Crippen molar-refractivity contribution in [2.45, 2.75) is 26.1 Å². The Hall–Kier alpha value is -1.79. The minimum Gasteiger partial charge on any atom is -0.508 e. The highest BCUT2D eigenvalue weighted by atomic mass is 16.5. The SMILES string of the molecule is C[C@@H]1CN(CC(=O)N2CCN(c3ccc(O)cc3)CC2)C[C@@H](C)O1. The molecule has 1 N–H and O–H groups in total. The van der Waals surface area contributed by atoms with Crippen molar-refractivity contribution in [3.05, 3.63) is 24.3 Å². The number of carbonyl (C=O) groups excluding carboxylic acids is 1. The second-order valence-electron chi connectivity index (χ2n) is 6.84. The first-order valence-electron chi connectivity index (χ1n) is 8.71. The Morgan fingerprint density at radius 2 is 1.67 bits per heavy atom. The molecule has 24 heavy (non-hydrogen) atoms. The number of nitrogens with zero attached hydrogens (tertiary/aromatic N) is 3. The fourth-order valence-corrected chi connectivity index (χ4v) is 3.58. The number of benzene rings is 1. The smallest absolute Gasteiger partial charge is 0.236 e. The van der Waals surface area contributed by atoms with E-state index >= 15 is 0 Å². The van der Waals surface area contributed by atoms with Gasteiger partial charge < -0.3 is 19.6 Å². The van der Waals surface area contributed by atoms with Crippen LogP contribution in [0.3, 0.4) is 0 Å². The molecule has 0 radical (unpaired) electrons. The van der Waals surface area contributed by atoms with Gasteiger partial charge in [0.15, 0.2) is 0 Å². The number of morpholine rings is 1. The van der Waals surface area contributed by atoms with Crippen LogP contribution in [-0.4, -0.2) is 78.8 Å². The van der Waals surface area contributed by atoms with Gasteiger partial charge in [0.05, 0.1) is 18.8 Å².